The average molecular weight is 486 g/mol. The minimum atomic E-state index is -1.94. The van der Waals surface area contributed by atoms with E-state index in [4.69, 9.17) is 28.6 Å². The van der Waals surface area contributed by atoms with Crippen LogP contribution in [0.3, 0.4) is 0 Å². The lowest BCUT2D eigenvalue weighted by Gasteiger charge is -2.30. The SMILES string of the molecule is CC1=CC(=O)C2(O1)c1c(cc(/C=C/C3=CC(OO)=C(O)CO3)oc1=O)OC2C1=CC(O)=C(O)CO1. The molecule has 0 aromatic carbocycles. The van der Waals surface area contributed by atoms with Crippen LogP contribution in [0.15, 0.2) is 79.9 Å². The first-order chi connectivity index (χ1) is 16.7. The van der Waals surface area contributed by atoms with Gasteiger partial charge in [-0.1, -0.05) is 0 Å². The summed E-state index contributed by atoms with van der Waals surface area (Å²) < 4.78 is 27.8. The molecule has 182 valence electrons. The highest BCUT2D eigenvalue weighted by Gasteiger charge is 2.63. The maximum Gasteiger partial charge on any atom is 0.347 e. The highest BCUT2D eigenvalue weighted by Crippen LogP contribution is 2.50. The van der Waals surface area contributed by atoms with Crippen LogP contribution >= 0.6 is 0 Å². The van der Waals surface area contributed by atoms with Crippen LogP contribution < -0.4 is 10.4 Å². The Morgan fingerprint density at radius 2 is 1.83 bits per heavy atom. The van der Waals surface area contributed by atoms with Crippen molar-refractivity contribution in [3.05, 3.63) is 92.4 Å². The molecule has 0 saturated heterocycles. The number of aliphatic hydroxyl groups is 3. The molecule has 4 aliphatic heterocycles. The van der Waals surface area contributed by atoms with E-state index in [2.05, 4.69) is 4.89 Å². The number of carbonyl (C=O) groups excluding carboxylic acids is 1. The summed E-state index contributed by atoms with van der Waals surface area (Å²) in [6, 6.07) is 1.36. The fourth-order valence-electron chi connectivity index (χ4n) is 4.03. The summed E-state index contributed by atoms with van der Waals surface area (Å²) in [4.78, 5) is 30.2. The molecule has 0 amide bonds. The zero-order valence-corrected chi connectivity index (χ0v) is 18.0. The summed E-state index contributed by atoms with van der Waals surface area (Å²) in [5, 5.41) is 37.9. The lowest BCUT2D eigenvalue weighted by molar-refractivity contribution is -0.203. The van der Waals surface area contributed by atoms with Crippen LogP contribution in [0, 0.1) is 0 Å². The zero-order chi connectivity index (χ0) is 24.9. The van der Waals surface area contributed by atoms with Crippen molar-refractivity contribution >= 4 is 11.9 Å². The molecule has 0 bridgehead atoms. The molecule has 0 radical (unpaired) electrons. The van der Waals surface area contributed by atoms with E-state index in [1.54, 1.807) is 0 Å². The number of ether oxygens (including phenoxy) is 4. The van der Waals surface area contributed by atoms with Gasteiger partial charge in [0, 0.05) is 24.3 Å². The summed E-state index contributed by atoms with van der Waals surface area (Å²) in [7, 11) is 0. The Bertz CT molecular complexity index is 1370. The van der Waals surface area contributed by atoms with Crippen molar-refractivity contribution in [3.63, 3.8) is 0 Å². The number of aliphatic hydroxyl groups excluding tert-OH is 3. The molecule has 35 heavy (non-hydrogen) atoms. The van der Waals surface area contributed by atoms with Gasteiger partial charge in [-0.2, -0.15) is 0 Å². The van der Waals surface area contributed by atoms with E-state index in [1.807, 2.05) is 0 Å². The fourth-order valence-corrected chi connectivity index (χ4v) is 4.03. The molecule has 0 saturated carbocycles. The number of fused-ring (bicyclic) bond motifs is 2. The molecule has 0 fully saturated rings. The van der Waals surface area contributed by atoms with Crippen molar-refractivity contribution in [2.45, 2.75) is 18.6 Å². The van der Waals surface area contributed by atoms with Crippen molar-refractivity contribution in [2.75, 3.05) is 13.2 Å². The minimum Gasteiger partial charge on any atom is -0.506 e. The van der Waals surface area contributed by atoms with Gasteiger partial charge in [-0.05, 0) is 19.1 Å². The Morgan fingerprint density at radius 1 is 1.06 bits per heavy atom. The number of allylic oxidation sites excluding steroid dienone is 4. The van der Waals surface area contributed by atoms with Gasteiger partial charge >= 0.3 is 5.63 Å². The van der Waals surface area contributed by atoms with Crippen molar-refractivity contribution in [3.8, 4) is 5.75 Å². The third-order valence-electron chi connectivity index (χ3n) is 5.59. The second kappa shape index (κ2) is 8.02. The Balaban J connectivity index is 1.55. The number of ketones is 1. The molecule has 0 aliphatic carbocycles. The van der Waals surface area contributed by atoms with Crippen molar-refractivity contribution < 1.29 is 53.6 Å². The largest absolute Gasteiger partial charge is 0.506 e. The molecule has 2 unspecified atom stereocenters. The second-order valence-corrected chi connectivity index (χ2v) is 7.87. The summed E-state index contributed by atoms with van der Waals surface area (Å²) in [5.74, 6) is -1.58. The molecule has 2 atom stereocenters. The minimum absolute atomic E-state index is 0.0134. The topological polar surface area (TPSA) is 174 Å². The van der Waals surface area contributed by atoms with Crippen molar-refractivity contribution in [1.82, 2.24) is 0 Å². The quantitative estimate of drug-likeness (QED) is 0.362. The lowest BCUT2D eigenvalue weighted by atomic mass is 9.86. The highest BCUT2D eigenvalue weighted by atomic mass is 17.1. The van der Waals surface area contributed by atoms with Crippen molar-refractivity contribution in [1.29, 1.82) is 0 Å². The van der Waals surface area contributed by atoms with E-state index in [-0.39, 0.29) is 59.1 Å². The van der Waals surface area contributed by atoms with Gasteiger partial charge < -0.3 is 43.6 Å². The summed E-state index contributed by atoms with van der Waals surface area (Å²) in [6.45, 7) is 0.922. The van der Waals surface area contributed by atoms with E-state index in [9.17, 15) is 24.9 Å². The Morgan fingerprint density at radius 3 is 2.51 bits per heavy atom. The molecule has 5 heterocycles. The average Bonchev–Trinajstić information content (AvgIpc) is 3.31. The molecule has 4 aliphatic rings. The van der Waals surface area contributed by atoms with Crippen LogP contribution in [0.5, 0.6) is 5.75 Å². The fraction of sp³-hybridized carbons (Fsp3) is 0.217. The monoisotopic (exact) mass is 486 g/mol. The van der Waals surface area contributed by atoms with Crippen LogP contribution in [0.1, 0.15) is 18.2 Å². The van der Waals surface area contributed by atoms with Gasteiger partial charge in [-0.15, -0.1) is 0 Å². The number of hydrogen-bond acceptors (Lipinski definition) is 12. The Labute approximate surface area is 196 Å². The summed E-state index contributed by atoms with van der Waals surface area (Å²) >= 11 is 0. The van der Waals surface area contributed by atoms with Crippen molar-refractivity contribution in [2.24, 2.45) is 0 Å². The highest BCUT2D eigenvalue weighted by molar-refractivity contribution is 6.02. The van der Waals surface area contributed by atoms with Crippen LogP contribution in [0.2, 0.25) is 0 Å². The molecular formula is C23H18O12. The lowest BCUT2D eigenvalue weighted by Crippen LogP contribution is -2.47. The van der Waals surface area contributed by atoms with Gasteiger partial charge in [-0.25, -0.2) is 10.1 Å². The normalized spacial score (nSPS) is 25.5. The van der Waals surface area contributed by atoms with Gasteiger partial charge in [0.2, 0.25) is 23.2 Å². The molecular weight excluding hydrogens is 468 g/mol. The first-order valence-corrected chi connectivity index (χ1v) is 10.2. The smallest absolute Gasteiger partial charge is 0.347 e. The molecule has 1 aromatic rings. The molecule has 12 heteroatoms. The van der Waals surface area contributed by atoms with Gasteiger partial charge in [0.15, 0.2) is 17.3 Å². The van der Waals surface area contributed by atoms with E-state index in [0.29, 0.717) is 0 Å². The molecule has 4 N–H and O–H groups in total. The maximum atomic E-state index is 13.1. The zero-order valence-electron chi connectivity index (χ0n) is 18.0. The molecule has 1 spiro atoms. The van der Waals surface area contributed by atoms with Crippen LogP contribution in [-0.2, 0) is 29.5 Å². The third kappa shape index (κ3) is 3.51. The van der Waals surface area contributed by atoms with E-state index in [0.717, 1.165) is 6.08 Å². The standard InChI is InChI=1S/C23H18O12/c1-10-4-19(27)23(34-10)20-17(33-21(23)18-7-13(24)14(25)8-31-18)6-12(32-22(20)28)3-2-11-5-16(35-29)15(26)9-30-11/h2-7,21,24-26,29H,8-9H2,1H3/b3-2+. The number of hydrogen-bond donors (Lipinski definition) is 4. The number of rotatable bonds is 4. The van der Waals surface area contributed by atoms with Crippen LogP contribution in [0.4, 0.5) is 0 Å². The van der Waals surface area contributed by atoms with Gasteiger partial charge in [0.05, 0.1) is 5.76 Å². The maximum absolute atomic E-state index is 13.1. The van der Waals surface area contributed by atoms with E-state index < -0.39 is 34.6 Å². The molecule has 12 nitrogen and oxygen atoms in total. The Hall–Kier alpha value is -4.58. The van der Waals surface area contributed by atoms with E-state index in [1.165, 1.54) is 37.3 Å². The predicted molar refractivity (Wildman–Crippen MR) is 114 cm³/mol. The molecule has 1 aromatic heterocycles. The van der Waals surface area contributed by atoms with Gasteiger partial charge in [0.1, 0.15) is 41.8 Å². The molecule has 5 rings (SSSR count). The Kier molecular flexibility index (Phi) is 5.09. The third-order valence-corrected chi connectivity index (χ3v) is 5.59. The predicted octanol–water partition coefficient (Wildman–Crippen LogP) is 2.53. The van der Waals surface area contributed by atoms with E-state index >= 15 is 0 Å². The summed E-state index contributed by atoms with van der Waals surface area (Å²) in [6.07, 6.45) is 4.96. The summed E-state index contributed by atoms with van der Waals surface area (Å²) in [5.41, 5.74) is -3.03. The first-order valence-electron chi connectivity index (χ1n) is 10.2. The second-order valence-electron chi connectivity index (χ2n) is 7.87. The first kappa shape index (κ1) is 22.2. The number of carbonyl (C=O) groups is 1. The van der Waals surface area contributed by atoms with Crippen LogP contribution in [-0.4, -0.2) is 45.7 Å². The van der Waals surface area contributed by atoms with Gasteiger partial charge in [0.25, 0.3) is 0 Å². The van der Waals surface area contributed by atoms with Crippen LogP contribution in [0.25, 0.3) is 6.08 Å². The van der Waals surface area contributed by atoms with Gasteiger partial charge in [-0.3, -0.25) is 4.79 Å².